The fourth-order valence-electron chi connectivity index (χ4n) is 1.27. The summed E-state index contributed by atoms with van der Waals surface area (Å²) in [7, 11) is -3.38. The SMILES string of the molecule is CC(NS(=O)(=O)C(C)C)c1ccccc1F. The van der Waals surface area contributed by atoms with Crippen LogP contribution in [0.3, 0.4) is 0 Å². The number of rotatable bonds is 4. The molecule has 0 saturated carbocycles. The van der Waals surface area contributed by atoms with Crippen LogP contribution in [0.4, 0.5) is 4.39 Å². The molecule has 0 aliphatic rings. The van der Waals surface area contributed by atoms with E-state index in [1.54, 1.807) is 39.0 Å². The zero-order chi connectivity index (χ0) is 12.3. The lowest BCUT2D eigenvalue weighted by Crippen LogP contribution is -2.33. The molecule has 0 amide bonds. The summed E-state index contributed by atoms with van der Waals surface area (Å²) in [6, 6.07) is 5.58. The third kappa shape index (κ3) is 3.02. The molecule has 1 aromatic rings. The van der Waals surface area contributed by atoms with Crippen molar-refractivity contribution >= 4 is 10.0 Å². The maximum atomic E-state index is 13.4. The largest absolute Gasteiger partial charge is 0.214 e. The summed E-state index contributed by atoms with van der Waals surface area (Å²) >= 11 is 0. The third-order valence-electron chi connectivity index (χ3n) is 2.33. The van der Waals surface area contributed by atoms with Crippen LogP contribution in [0.5, 0.6) is 0 Å². The van der Waals surface area contributed by atoms with E-state index in [-0.39, 0.29) is 0 Å². The molecule has 0 heterocycles. The van der Waals surface area contributed by atoms with Crippen LogP contribution >= 0.6 is 0 Å². The molecule has 0 aliphatic heterocycles. The second kappa shape index (κ2) is 4.93. The van der Waals surface area contributed by atoms with E-state index in [9.17, 15) is 12.8 Å². The van der Waals surface area contributed by atoms with Crippen LogP contribution in [0.2, 0.25) is 0 Å². The molecular formula is C11H16FNO2S. The maximum absolute atomic E-state index is 13.4. The van der Waals surface area contributed by atoms with Gasteiger partial charge in [-0.3, -0.25) is 0 Å². The summed E-state index contributed by atoms with van der Waals surface area (Å²) in [5.41, 5.74) is 0.353. The van der Waals surface area contributed by atoms with E-state index < -0.39 is 27.1 Å². The molecule has 5 heteroatoms. The van der Waals surface area contributed by atoms with Crippen molar-refractivity contribution in [1.29, 1.82) is 0 Å². The van der Waals surface area contributed by atoms with E-state index in [0.29, 0.717) is 5.56 Å². The van der Waals surface area contributed by atoms with Gasteiger partial charge in [0.25, 0.3) is 0 Å². The van der Waals surface area contributed by atoms with Crippen molar-refractivity contribution in [1.82, 2.24) is 4.72 Å². The minimum atomic E-state index is -3.38. The predicted molar refractivity (Wildman–Crippen MR) is 62.0 cm³/mol. The van der Waals surface area contributed by atoms with Crippen LogP contribution in [0, 0.1) is 5.82 Å². The number of hydrogen-bond donors (Lipinski definition) is 1. The van der Waals surface area contributed by atoms with E-state index in [0.717, 1.165) is 0 Å². The summed E-state index contributed by atoms with van der Waals surface area (Å²) < 4.78 is 39.0. The maximum Gasteiger partial charge on any atom is 0.214 e. The van der Waals surface area contributed by atoms with Gasteiger partial charge in [0.05, 0.1) is 5.25 Å². The first-order valence-electron chi connectivity index (χ1n) is 5.10. The zero-order valence-electron chi connectivity index (χ0n) is 9.57. The standard InChI is InChI=1S/C11H16FNO2S/c1-8(2)16(14,15)13-9(3)10-6-4-5-7-11(10)12/h4-9,13H,1-3H3. The predicted octanol–water partition coefficient (Wildman–Crippen LogP) is 2.21. The zero-order valence-corrected chi connectivity index (χ0v) is 10.4. The molecule has 0 aliphatic carbocycles. The van der Waals surface area contributed by atoms with Gasteiger partial charge in [0.15, 0.2) is 0 Å². The molecule has 0 saturated heterocycles. The van der Waals surface area contributed by atoms with Gasteiger partial charge in [0.1, 0.15) is 5.82 Å². The van der Waals surface area contributed by atoms with Crippen molar-refractivity contribution in [3.05, 3.63) is 35.6 Å². The lowest BCUT2D eigenvalue weighted by Gasteiger charge is -2.16. The molecule has 1 aromatic carbocycles. The average Bonchev–Trinajstić information content (AvgIpc) is 2.17. The highest BCUT2D eigenvalue weighted by Gasteiger charge is 2.20. The molecule has 0 spiro atoms. The molecular weight excluding hydrogens is 229 g/mol. The van der Waals surface area contributed by atoms with E-state index in [1.165, 1.54) is 6.07 Å². The highest BCUT2D eigenvalue weighted by atomic mass is 32.2. The molecule has 0 radical (unpaired) electrons. The van der Waals surface area contributed by atoms with Crippen LogP contribution < -0.4 is 4.72 Å². The molecule has 1 unspecified atom stereocenters. The fraction of sp³-hybridized carbons (Fsp3) is 0.455. The second-order valence-electron chi connectivity index (χ2n) is 3.95. The Morgan fingerprint density at radius 2 is 1.75 bits per heavy atom. The summed E-state index contributed by atoms with van der Waals surface area (Å²) in [6.45, 7) is 4.78. The molecule has 3 nitrogen and oxygen atoms in total. The Morgan fingerprint density at radius 1 is 1.19 bits per heavy atom. The van der Waals surface area contributed by atoms with Gasteiger partial charge >= 0.3 is 0 Å². The van der Waals surface area contributed by atoms with Crippen LogP contribution in [0.1, 0.15) is 32.4 Å². The molecule has 0 aromatic heterocycles. The number of nitrogens with one attached hydrogen (secondary N) is 1. The number of halogens is 1. The molecule has 1 rings (SSSR count). The lowest BCUT2D eigenvalue weighted by molar-refractivity contribution is 0.543. The van der Waals surface area contributed by atoms with Gasteiger partial charge in [0.2, 0.25) is 10.0 Å². The third-order valence-corrected chi connectivity index (χ3v) is 4.26. The van der Waals surface area contributed by atoms with Crippen LogP contribution in [0.15, 0.2) is 24.3 Å². The first-order valence-corrected chi connectivity index (χ1v) is 6.65. The first-order chi connectivity index (χ1) is 7.34. The summed E-state index contributed by atoms with van der Waals surface area (Å²) in [6.07, 6.45) is 0. The number of benzene rings is 1. The minimum Gasteiger partial charge on any atom is -0.212 e. The Bertz CT molecular complexity index is 457. The lowest BCUT2D eigenvalue weighted by atomic mass is 10.1. The Hall–Kier alpha value is -0.940. The monoisotopic (exact) mass is 245 g/mol. The van der Waals surface area contributed by atoms with Crippen LogP contribution in [0.25, 0.3) is 0 Å². The van der Waals surface area contributed by atoms with Crippen molar-refractivity contribution in [3.8, 4) is 0 Å². The van der Waals surface area contributed by atoms with Gasteiger partial charge in [-0.2, -0.15) is 0 Å². The molecule has 16 heavy (non-hydrogen) atoms. The fourth-order valence-corrected chi connectivity index (χ4v) is 2.16. The van der Waals surface area contributed by atoms with Gasteiger partial charge in [-0.1, -0.05) is 18.2 Å². The van der Waals surface area contributed by atoms with Gasteiger partial charge in [0, 0.05) is 11.6 Å². The topological polar surface area (TPSA) is 46.2 Å². The Labute approximate surface area is 95.7 Å². The van der Waals surface area contributed by atoms with Crippen molar-refractivity contribution < 1.29 is 12.8 Å². The molecule has 0 bridgehead atoms. The average molecular weight is 245 g/mol. The first kappa shape index (κ1) is 13.1. The van der Waals surface area contributed by atoms with E-state index in [2.05, 4.69) is 4.72 Å². The van der Waals surface area contributed by atoms with Crippen molar-refractivity contribution in [3.63, 3.8) is 0 Å². The van der Waals surface area contributed by atoms with E-state index >= 15 is 0 Å². The number of sulfonamides is 1. The number of hydrogen-bond acceptors (Lipinski definition) is 2. The Morgan fingerprint density at radius 3 is 2.25 bits per heavy atom. The highest BCUT2D eigenvalue weighted by Crippen LogP contribution is 2.17. The highest BCUT2D eigenvalue weighted by molar-refractivity contribution is 7.90. The van der Waals surface area contributed by atoms with Gasteiger partial charge < -0.3 is 0 Å². The minimum absolute atomic E-state index is 0.353. The van der Waals surface area contributed by atoms with E-state index in [4.69, 9.17) is 0 Å². The summed E-state index contributed by atoms with van der Waals surface area (Å²) in [5, 5.41) is -0.526. The van der Waals surface area contributed by atoms with Gasteiger partial charge in [-0.25, -0.2) is 17.5 Å². The smallest absolute Gasteiger partial charge is 0.212 e. The molecule has 1 atom stereocenters. The quantitative estimate of drug-likeness (QED) is 0.884. The molecule has 1 N–H and O–H groups in total. The van der Waals surface area contributed by atoms with Crippen LogP contribution in [-0.2, 0) is 10.0 Å². The van der Waals surface area contributed by atoms with Crippen LogP contribution in [-0.4, -0.2) is 13.7 Å². The molecule has 90 valence electrons. The molecule has 0 fully saturated rings. The van der Waals surface area contributed by atoms with Gasteiger partial charge in [-0.05, 0) is 26.8 Å². The second-order valence-corrected chi connectivity index (χ2v) is 6.22. The van der Waals surface area contributed by atoms with E-state index in [1.807, 2.05) is 0 Å². The van der Waals surface area contributed by atoms with Gasteiger partial charge in [-0.15, -0.1) is 0 Å². The Kier molecular flexibility index (Phi) is 4.04. The normalized spacial score (nSPS) is 14.1. The van der Waals surface area contributed by atoms with Crippen molar-refractivity contribution in [2.24, 2.45) is 0 Å². The summed E-state index contributed by atoms with van der Waals surface area (Å²) in [4.78, 5) is 0. The van der Waals surface area contributed by atoms with Crippen molar-refractivity contribution in [2.75, 3.05) is 0 Å². The Balaban J connectivity index is 2.89. The van der Waals surface area contributed by atoms with Crippen molar-refractivity contribution in [2.45, 2.75) is 32.1 Å². The summed E-state index contributed by atoms with van der Waals surface area (Å²) in [5.74, 6) is -0.401.